The van der Waals surface area contributed by atoms with Gasteiger partial charge in [0.05, 0.1) is 24.8 Å². The molecule has 0 bridgehead atoms. The standard InChI is InChI=1S/C34H35N5O5/c1-21(2)19-37-32(40)24-11-15-27(29(17-24)34(42)39-44-20-22-7-5-4-6-8-22)28-16-14-26(43-3)18-30(28)33(41)38-25-12-9-23(10-13-25)31(35)36/h4-18,21H,19-20H2,1-3H3,(H3,35,36)(H,37,40)(H,38,41)(H,39,42). The zero-order valence-corrected chi connectivity index (χ0v) is 24.8. The molecule has 0 radical (unpaired) electrons. The molecule has 10 nitrogen and oxygen atoms in total. The first-order chi connectivity index (χ1) is 21.2. The maximum atomic E-state index is 13.6. The molecule has 0 aliphatic carbocycles. The summed E-state index contributed by atoms with van der Waals surface area (Å²) in [5.74, 6) is -0.778. The van der Waals surface area contributed by atoms with E-state index in [9.17, 15) is 14.4 Å². The summed E-state index contributed by atoms with van der Waals surface area (Å²) >= 11 is 0. The molecular formula is C34H35N5O5. The first kappa shape index (κ1) is 31.5. The normalized spacial score (nSPS) is 10.6. The smallest absolute Gasteiger partial charge is 0.275 e. The molecule has 0 fully saturated rings. The quantitative estimate of drug-likeness (QED) is 0.0870. The Labute approximate surface area is 256 Å². The third-order valence-electron chi connectivity index (χ3n) is 6.66. The number of ether oxygens (including phenoxy) is 1. The van der Waals surface area contributed by atoms with Crippen molar-refractivity contribution in [2.45, 2.75) is 20.5 Å². The van der Waals surface area contributed by atoms with Crippen LogP contribution >= 0.6 is 0 Å². The second-order valence-electron chi connectivity index (χ2n) is 10.4. The Morgan fingerprint density at radius 2 is 1.43 bits per heavy atom. The van der Waals surface area contributed by atoms with Gasteiger partial charge in [0.15, 0.2) is 0 Å². The number of methoxy groups -OCH3 is 1. The van der Waals surface area contributed by atoms with E-state index in [1.54, 1.807) is 54.6 Å². The summed E-state index contributed by atoms with van der Waals surface area (Å²) in [6.45, 7) is 4.58. The van der Waals surface area contributed by atoms with Crippen LogP contribution in [0.15, 0.2) is 91.0 Å². The molecule has 0 aliphatic rings. The number of anilines is 1. The number of carbonyl (C=O) groups is 3. The second kappa shape index (κ2) is 14.6. The topological polar surface area (TPSA) is 156 Å². The first-order valence-corrected chi connectivity index (χ1v) is 14.0. The van der Waals surface area contributed by atoms with Crippen LogP contribution in [0.1, 0.15) is 56.0 Å². The predicted molar refractivity (Wildman–Crippen MR) is 170 cm³/mol. The van der Waals surface area contributed by atoms with E-state index in [0.717, 1.165) is 5.56 Å². The van der Waals surface area contributed by atoms with E-state index in [0.29, 0.717) is 34.7 Å². The molecule has 44 heavy (non-hydrogen) atoms. The molecule has 4 rings (SSSR count). The summed E-state index contributed by atoms with van der Waals surface area (Å²) in [4.78, 5) is 45.6. The summed E-state index contributed by atoms with van der Waals surface area (Å²) < 4.78 is 5.39. The number of hydroxylamine groups is 1. The van der Waals surface area contributed by atoms with Crippen molar-refractivity contribution in [3.63, 3.8) is 0 Å². The third kappa shape index (κ3) is 8.08. The summed E-state index contributed by atoms with van der Waals surface area (Å²) in [5.41, 5.74) is 11.4. The first-order valence-electron chi connectivity index (χ1n) is 14.0. The molecule has 0 aromatic heterocycles. The number of carbonyl (C=O) groups excluding carboxylic acids is 3. The van der Waals surface area contributed by atoms with E-state index in [-0.39, 0.29) is 41.0 Å². The van der Waals surface area contributed by atoms with Gasteiger partial charge in [-0.15, -0.1) is 0 Å². The maximum Gasteiger partial charge on any atom is 0.275 e. The van der Waals surface area contributed by atoms with Crippen LogP contribution in [-0.4, -0.2) is 37.2 Å². The highest BCUT2D eigenvalue weighted by Crippen LogP contribution is 2.32. The second-order valence-corrected chi connectivity index (χ2v) is 10.4. The van der Waals surface area contributed by atoms with Gasteiger partial charge in [-0.2, -0.15) is 0 Å². The van der Waals surface area contributed by atoms with Crippen LogP contribution in [0, 0.1) is 11.3 Å². The lowest BCUT2D eigenvalue weighted by molar-refractivity contribution is 0.0234. The SMILES string of the molecule is COc1ccc(-c2ccc(C(=O)NCC(C)C)cc2C(=O)NOCc2ccccc2)c(C(=O)Nc2ccc(C(=N)N)cc2)c1. The number of hydrogen-bond acceptors (Lipinski definition) is 6. The van der Waals surface area contributed by atoms with Crippen molar-refractivity contribution in [2.24, 2.45) is 11.7 Å². The maximum absolute atomic E-state index is 13.6. The number of nitrogens with one attached hydrogen (secondary N) is 4. The van der Waals surface area contributed by atoms with E-state index in [1.165, 1.54) is 13.2 Å². The van der Waals surface area contributed by atoms with Crippen molar-refractivity contribution in [1.29, 1.82) is 5.41 Å². The molecule has 0 unspecified atom stereocenters. The lowest BCUT2D eigenvalue weighted by Gasteiger charge is -2.17. The number of amides is 3. The lowest BCUT2D eigenvalue weighted by Crippen LogP contribution is -2.28. The van der Waals surface area contributed by atoms with E-state index in [4.69, 9.17) is 20.7 Å². The molecule has 0 spiro atoms. The fourth-order valence-corrected chi connectivity index (χ4v) is 4.33. The van der Waals surface area contributed by atoms with Gasteiger partial charge in [-0.25, -0.2) is 5.48 Å². The highest BCUT2D eigenvalue weighted by atomic mass is 16.6. The average molecular weight is 594 g/mol. The minimum Gasteiger partial charge on any atom is -0.497 e. The molecule has 4 aromatic carbocycles. The van der Waals surface area contributed by atoms with Gasteiger partial charge in [0, 0.05) is 23.4 Å². The van der Waals surface area contributed by atoms with Crippen LogP contribution in [0.3, 0.4) is 0 Å². The molecule has 3 amide bonds. The van der Waals surface area contributed by atoms with Crippen LogP contribution < -0.4 is 26.6 Å². The number of amidine groups is 1. The Morgan fingerprint density at radius 3 is 2.07 bits per heavy atom. The summed E-state index contributed by atoms with van der Waals surface area (Å²) in [5, 5.41) is 13.3. The Hall–Kier alpha value is -5.48. The monoisotopic (exact) mass is 593 g/mol. The highest BCUT2D eigenvalue weighted by Gasteiger charge is 2.22. The van der Waals surface area contributed by atoms with Crippen LogP contribution in [0.2, 0.25) is 0 Å². The number of rotatable bonds is 12. The van der Waals surface area contributed by atoms with E-state index < -0.39 is 11.8 Å². The van der Waals surface area contributed by atoms with Gasteiger partial charge in [0.1, 0.15) is 11.6 Å². The molecule has 0 heterocycles. The molecule has 6 N–H and O–H groups in total. The van der Waals surface area contributed by atoms with Crippen molar-refractivity contribution < 1.29 is 24.0 Å². The van der Waals surface area contributed by atoms with Gasteiger partial charge in [-0.1, -0.05) is 50.2 Å². The van der Waals surface area contributed by atoms with Crippen LogP contribution in [0.4, 0.5) is 5.69 Å². The van der Waals surface area contributed by atoms with Crippen molar-refractivity contribution in [1.82, 2.24) is 10.8 Å². The van der Waals surface area contributed by atoms with E-state index >= 15 is 0 Å². The third-order valence-corrected chi connectivity index (χ3v) is 6.66. The van der Waals surface area contributed by atoms with E-state index in [1.807, 2.05) is 44.2 Å². The van der Waals surface area contributed by atoms with E-state index in [2.05, 4.69) is 16.1 Å². The molecule has 4 aromatic rings. The number of hydrogen-bond donors (Lipinski definition) is 5. The predicted octanol–water partition coefficient (Wildman–Crippen LogP) is 5.15. The summed E-state index contributed by atoms with van der Waals surface area (Å²) in [7, 11) is 1.49. The molecule has 10 heteroatoms. The number of nitrogen functional groups attached to an aromatic ring is 1. The van der Waals surface area contributed by atoms with Gasteiger partial charge in [-0.3, -0.25) is 24.6 Å². The summed E-state index contributed by atoms with van der Waals surface area (Å²) in [6.07, 6.45) is 0. The zero-order valence-electron chi connectivity index (χ0n) is 24.8. The largest absolute Gasteiger partial charge is 0.497 e. The Morgan fingerprint density at radius 1 is 0.795 bits per heavy atom. The fourth-order valence-electron chi connectivity index (χ4n) is 4.33. The molecule has 0 atom stereocenters. The van der Waals surface area contributed by atoms with Gasteiger partial charge in [0.25, 0.3) is 17.7 Å². The van der Waals surface area contributed by atoms with Crippen LogP contribution in [-0.2, 0) is 11.4 Å². The molecule has 226 valence electrons. The zero-order chi connectivity index (χ0) is 31.6. The van der Waals surface area contributed by atoms with Crippen molar-refractivity contribution in [3.05, 3.63) is 119 Å². The summed E-state index contributed by atoms with van der Waals surface area (Å²) in [6, 6.07) is 25.6. The van der Waals surface area contributed by atoms with Crippen molar-refractivity contribution in [2.75, 3.05) is 19.0 Å². The molecule has 0 saturated heterocycles. The van der Waals surface area contributed by atoms with Crippen molar-refractivity contribution >= 4 is 29.2 Å². The number of nitrogens with two attached hydrogens (primary N) is 1. The number of benzene rings is 4. The minimum atomic E-state index is -0.587. The Bertz CT molecular complexity index is 1650. The lowest BCUT2D eigenvalue weighted by atomic mass is 9.92. The minimum absolute atomic E-state index is 0.0853. The van der Waals surface area contributed by atoms with Gasteiger partial charge < -0.3 is 21.1 Å². The van der Waals surface area contributed by atoms with Gasteiger partial charge >= 0.3 is 0 Å². The fraction of sp³-hybridized carbons (Fsp3) is 0.176. The van der Waals surface area contributed by atoms with Gasteiger partial charge in [0.2, 0.25) is 0 Å². The Balaban J connectivity index is 1.71. The molecule has 0 saturated carbocycles. The molecule has 0 aliphatic heterocycles. The average Bonchev–Trinajstić information content (AvgIpc) is 3.03. The van der Waals surface area contributed by atoms with Gasteiger partial charge in [-0.05, 0) is 77.2 Å². The van der Waals surface area contributed by atoms with Crippen molar-refractivity contribution in [3.8, 4) is 16.9 Å². The molecular weight excluding hydrogens is 558 g/mol. The van der Waals surface area contributed by atoms with Crippen LogP contribution in [0.25, 0.3) is 11.1 Å². The highest BCUT2D eigenvalue weighted by molar-refractivity contribution is 6.12. The van der Waals surface area contributed by atoms with Crippen LogP contribution in [0.5, 0.6) is 5.75 Å². The Kier molecular flexibility index (Phi) is 10.4.